The number of nitrogens with zero attached hydrogens (tertiary/aromatic N) is 2. The van der Waals surface area contributed by atoms with Gasteiger partial charge in [-0.1, -0.05) is 35.9 Å². The highest BCUT2D eigenvalue weighted by atomic mass is 35.5. The molecule has 1 aliphatic rings. The quantitative estimate of drug-likeness (QED) is 0.621. The average Bonchev–Trinajstić information content (AvgIpc) is 2.78. The summed E-state index contributed by atoms with van der Waals surface area (Å²) in [6, 6.07) is 11.4. The molecule has 0 unspecified atom stereocenters. The van der Waals surface area contributed by atoms with Crippen LogP contribution in [0, 0.1) is 5.82 Å². The largest absolute Gasteiger partial charge is 0.382 e. The predicted octanol–water partition coefficient (Wildman–Crippen LogP) is 4.25. The number of carbonyl (C=O) groups excluding carboxylic acids is 1. The van der Waals surface area contributed by atoms with Gasteiger partial charge in [0.25, 0.3) is 5.91 Å². The van der Waals surface area contributed by atoms with Gasteiger partial charge in [0, 0.05) is 17.1 Å². The van der Waals surface area contributed by atoms with E-state index in [0.717, 1.165) is 17.6 Å². The van der Waals surface area contributed by atoms with Gasteiger partial charge in [0.15, 0.2) is 0 Å². The number of hydrogen-bond acceptors (Lipinski definition) is 5. The number of nitrogens with one attached hydrogen (secondary N) is 1. The molecule has 31 heavy (non-hydrogen) atoms. The van der Waals surface area contributed by atoms with Crippen molar-refractivity contribution in [3.8, 4) is 11.3 Å². The molecule has 4 rings (SSSR count). The van der Waals surface area contributed by atoms with Crippen molar-refractivity contribution in [3.05, 3.63) is 82.4 Å². The molecule has 0 saturated carbocycles. The Hall–Kier alpha value is -3.29. The van der Waals surface area contributed by atoms with Gasteiger partial charge in [-0.25, -0.2) is 14.4 Å². The number of halogens is 2. The predicted molar refractivity (Wildman–Crippen MR) is 118 cm³/mol. The maximum atomic E-state index is 14.8. The molecular weight excluding hydrogens is 419 g/mol. The van der Waals surface area contributed by atoms with Gasteiger partial charge in [-0.3, -0.25) is 4.79 Å². The number of carbonyl (C=O) groups is 1. The summed E-state index contributed by atoms with van der Waals surface area (Å²) in [5, 5.41) is 3.27. The second-order valence-corrected chi connectivity index (χ2v) is 7.49. The van der Waals surface area contributed by atoms with Crippen LogP contribution >= 0.6 is 11.6 Å². The second-order valence-electron chi connectivity index (χ2n) is 7.05. The molecule has 0 atom stereocenters. The molecule has 0 bridgehead atoms. The molecule has 1 aliphatic heterocycles. The van der Waals surface area contributed by atoms with E-state index >= 15 is 0 Å². The number of aromatic nitrogens is 2. The fourth-order valence-corrected chi connectivity index (χ4v) is 3.51. The molecule has 3 N–H and O–H groups in total. The van der Waals surface area contributed by atoms with Crippen molar-refractivity contribution in [2.75, 3.05) is 18.9 Å². The topological polar surface area (TPSA) is 90.1 Å². The first-order chi connectivity index (χ1) is 15.0. The van der Waals surface area contributed by atoms with Gasteiger partial charge in [-0.05, 0) is 41.8 Å². The van der Waals surface area contributed by atoms with E-state index in [9.17, 15) is 9.18 Å². The van der Waals surface area contributed by atoms with Crippen LogP contribution in [0.2, 0.25) is 5.02 Å². The van der Waals surface area contributed by atoms with E-state index in [2.05, 4.69) is 15.3 Å². The highest BCUT2D eigenvalue weighted by molar-refractivity contribution is 6.30. The minimum atomic E-state index is -0.669. The highest BCUT2D eigenvalue weighted by Crippen LogP contribution is 2.27. The van der Waals surface area contributed by atoms with Crippen molar-refractivity contribution in [2.24, 2.45) is 0 Å². The number of hydrogen-bond donors (Lipinski definition) is 2. The molecule has 2 aromatic carbocycles. The third-order valence-corrected chi connectivity index (χ3v) is 5.16. The molecule has 3 aromatic rings. The molecule has 8 heteroatoms. The Morgan fingerprint density at radius 2 is 2.13 bits per heavy atom. The molecule has 0 saturated heterocycles. The summed E-state index contributed by atoms with van der Waals surface area (Å²) in [6.45, 7) is 1.37. The van der Waals surface area contributed by atoms with Gasteiger partial charge in [-0.2, -0.15) is 0 Å². The molecule has 158 valence electrons. The van der Waals surface area contributed by atoms with Crippen molar-refractivity contribution in [1.82, 2.24) is 15.3 Å². The van der Waals surface area contributed by atoms with E-state index in [1.54, 1.807) is 30.5 Å². The SMILES string of the molecule is Nc1ncc(C2=CCOCC2)nc1-c1ccc(C(=O)NCc2cccc(Cl)c2)c(F)c1. The van der Waals surface area contributed by atoms with Gasteiger partial charge < -0.3 is 15.8 Å². The zero-order valence-corrected chi connectivity index (χ0v) is 17.3. The van der Waals surface area contributed by atoms with Crippen LogP contribution in [-0.2, 0) is 11.3 Å². The lowest BCUT2D eigenvalue weighted by atomic mass is 10.1. The first-order valence-electron chi connectivity index (χ1n) is 9.73. The van der Waals surface area contributed by atoms with Crippen LogP contribution in [0.25, 0.3) is 16.8 Å². The Morgan fingerprint density at radius 3 is 2.87 bits per heavy atom. The molecule has 1 amide bonds. The fourth-order valence-electron chi connectivity index (χ4n) is 3.30. The van der Waals surface area contributed by atoms with Gasteiger partial charge in [0.2, 0.25) is 0 Å². The normalized spacial score (nSPS) is 13.5. The van der Waals surface area contributed by atoms with Crippen LogP contribution in [0.1, 0.15) is 28.0 Å². The molecule has 0 aliphatic carbocycles. The van der Waals surface area contributed by atoms with E-state index in [1.807, 2.05) is 12.1 Å². The average molecular weight is 439 g/mol. The van der Waals surface area contributed by atoms with Crippen molar-refractivity contribution in [3.63, 3.8) is 0 Å². The molecule has 0 fully saturated rings. The van der Waals surface area contributed by atoms with E-state index < -0.39 is 11.7 Å². The Bertz CT molecular complexity index is 1170. The van der Waals surface area contributed by atoms with Crippen LogP contribution in [0.5, 0.6) is 0 Å². The molecule has 6 nitrogen and oxygen atoms in total. The standard InChI is InChI=1S/C23H20ClFN4O2/c24-17-3-1-2-14(10-17)12-28-23(30)18-5-4-16(11-19(18)25)21-22(26)27-13-20(29-21)15-6-8-31-9-7-15/h1-6,10-11,13H,7-9,12H2,(H2,26,27)(H,28,30). The zero-order chi connectivity index (χ0) is 21.8. The molecule has 0 spiro atoms. The number of benzene rings is 2. The number of ether oxygens (including phenoxy) is 1. The Kier molecular flexibility index (Phi) is 6.25. The molecule has 2 heterocycles. The van der Waals surface area contributed by atoms with E-state index in [4.69, 9.17) is 22.1 Å². The minimum Gasteiger partial charge on any atom is -0.382 e. The maximum absolute atomic E-state index is 14.8. The van der Waals surface area contributed by atoms with Crippen LogP contribution in [0.3, 0.4) is 0 Å². The summed E-state index contributed by atoms with van der Waals surface area (Å²) in [6.07, 6.45) is 4.27. The van der Waals surface area contributed by atoms with Crippen molar-refractivity contribution >= 4 is 28.9 Å². The van der Waals surface area contributed by atoms with E-state index in [-0.39, 0.29) is 17.9 Å². The van der Waals surface area contributed by atoms with Gasteiger partial charge in [0.05, 0.1) is 30.7 Å². The van der Waals surface area contributed by atoms with Crippen LogP contribution in [0.15, 0.2) is 54.7 Å². The number of amides is 1. The monoisotopic (exact) mass is 438 g/mol. The van der Waals surface area contributed by atoms with Gasteiger partial charge >= 0.3 is 0 Å². The fraction of sp³-hybridized carbons (Fsp3) is 0.174. The minimum absolute atomic E-state index is 0.0689. The van der Waals surface area contributed by atoms with Gasteiger partial charge in [0.1, 0.15) is 17.3 Å². The third-order valence-electron chi connectivity index (χ3n) is 4.92. The number of nitrogen functional groups attached to an aromatic ring is 1. The first kappa shape index (κ1) is 21.0. The number of nitrogens with two attached hydrogens (primary N) is 1. The van der Waals surface area contributed by atoms with Gasteiger partial charge in [-0.15, -0.1) is 0 Å². The second kappa shape index (κ2) is 9.24. The van der Waals surface area contributed by atoms with E-state index in [1.165, 1.54) is 12.1 Å². The Balaban J connectivity index is 1.54. The summed E-state index contributed by atoms with van der Waals surface area (Å²) in [4.78, 5) is 21.2. The summed E-state index contributed by atoms with van der Waals surface area (Å²) >= 11 is 5.95. The summed E-state index contributed by atoms with van der Waals surface area (Å²) in [5.74, 6) is -1.00. The number of rotatable bonds is 5. The lowest BCUT2D eigenvalue weighted by molar-refractivity contribution is 0.0947. The Labute approximate surface area is 183 Å². The third kappa shape index (κ3) is 4.90. The van der Waals surface area contributed by atoms with Crippen molar-refractivity contribution in [2.45, 2.75) is 13.0 Å². The smallest absolute Gasteiger partial charge is 0.254 e. The maximum Gasteiger partial charge on any atom is 0.254 e. The van der Waals surface area contributed by atoms with Crippen LogP contribution < -0.4 is 11.1 Å². The molecule has 1 aromatic heterocycles. The summed E-state index contributed by atoms with van der Waals surface area (Å²) < 4.78 is 20.1. The van der Waals surface area contributed by atoms with Crippen molar-refractivity contribution in [1.29, 1.82) is 0 Å². The molecular formula is C23H20ClFN4O2. The zero-order valence-electron chi connectivity index (χ0n) is 16.6. The highest BCUT2D eigenvalue weighted by Gasteiger charge is 2.16. The van der Waals surface area contributed by atoms with E-state index in [0.29, 0.717) is 35.2 Å². The van der Waals surface area contributed by atoms with Crippen LogP contribution in [-0.4, -0.2) is 29.1 Å². The Morgan fingerprint density at radius 1 is 1.26 bits per heavy atom. The molecule has 0 radical (unpaired) electrons. The van der Waals surface area contributed by atoms with Crippen LogP contribution in [0.4, 0.5) is 10.2 Å². The first-order valence-corrected chi connectivity index (χ1v) is 10.1. The lowest BCUT2D eigenvalue weighted by Gasteiger charge is -2.14. The lowest BCUT2D eigenvalue weighted by Crippen LogP contribution is -2.23. The summed E-state index contributed by atoms with van der Waals surface area (Å²) in [7, 11) is 0. The summed E-state index contributed by atoms with van der Waals surface area (Å²) in [5.41, 5.74) is 9.25. The number of anilines is 1. The van der Waals surface area contributed by atoms with Crippen molar-refractivity contribution < 1.29 is 13.9 Å².